The van der Waals surface area contributed by atoms with E-state index in [1.165, 1.54) is 5.56 Å². The van der Waals surface area contributed by atoms with Crippen molar-refractivity contribution in [1.29, 1.82) is 0 Å². The molecule has 1 atom stereocenters. The largest absolute Gasteiger partial charge is 0.480 e. The van der Waals surface area contributed by atoms with Gasteiger partial charge in [-0.25, -0.2) is 0 Å². The van der Waals surface area contributed by atoms with Crippen molar-refractivity contribution in [3.05, 3.63) is 68.6 Å². The van der Waals surface area contributed by atoms with E-state index >= 15 is 0 Å². The van der Waals surface area contributed by atoms with Crippen LogP contribution in [-0.2, 0) is 16.1 Å². The van der Waals surface area contributed by atoms with Crippen molar-refractivity contribution < 1.29 is 14.6 Å². The molecule has 0 aliphatic carbocycles. The highest BCUT2D eigenvalue weighted by molar-refractivity contribution is 9.11. The number of rotatable bonds is 8. The minimum Gasteiger partial charge on any atom is -0.480 e. The molecule has 7 heteroatoms. The number of carboxylic acids is 1. The topological polar surface area (TPSA) is 53.0 Å². The predicted octanol–water partition coefficient (Wildman–Crippen LogP) is 4.17. The van der Waals surface area contributed by atoms with Gasteiger partial charge in [0, 0.05) is 35.1 Å². The Hall–Kier alpha value is -1.25. The zero-order valence-electron chi connectivity index (χ0n) is 15.6. The van der Waals surface area contributed by atoms with E-state index in [9.17, 15) is 4.79 Å². The third-order valence-electron chi connectivity index (χ3n) is 4.86. The molecule has 28 heavy (non-hydrogen) atoms. The molecule has 3 rings (SSSR count). The Bertz CT molecular complexity index is 760. The molecule has 1 saturated heterocycles. The molecular formula is C21H24Br2N2O3. The molecule has 1 heterocycles. The Morgan fingerprint density at radius 2 is 1.68 bits per heavy atom. The highest BCUT2D eigenvalue weighted by Crippen LogP contribution is 2.24. The van der Waals surface area contributed by atoms with Crippen molar-refractivity contribution in [3.8, 4) is 0 Å². The summed E-state index contributed by atoms with van der Waals surface area (Å²) in [6.07, 6.45) is 0. The number of hydrogen-bond acceptors (Lipinski definition) is 4. The lowest BCUT2D eigenvalue weighted by Crippen LogP contribution is -2.49. The molecule has 1 aliphatic heterocycles. The summed E-state index contributed by atoms with van der Waals surface area (Å²) < 4.78 is 8.15. The van der Waals surface area contributed by atoms with Gasteiger partial charge in [0.25, 0.3) is 0 Å². The first-order valence-electron chi connectivity index (χ1n) is 9.27. The van der Waals surface area contributed by atoms with E-state index in [1.54, 1.807) is 0 Å². The maximum Gasteiger partial charge on any atom is 0.317 e. The summed E-state index contributed by atoms with van der Waals surface area (Å²) in [5.74, 6) is -0.767. The molecule has 0 saturated carbocycles. The van der Waals surface area contributed by atoms with E-state index in [0.717, 1.165) is 40.7 Å². The molecular weight excluding hydrogens is 488 g/mol. The number of hydrogen-bond donors (Lipinski definition) is 1. The molecule has 1 unspecified atom stereocenters. The van der Waals surface area contributed by atoms with Crippen molar-refractivity contribution in [2.45, 2.75) is 12.6 Å². The van der Waals surface area contributed by atoms with E-state index in [-0.39, 0.29) is 12.6 Å². The van der Waals surface area contributed by atoms with Crippen molar-refractivity contribution in [3.63, 3.8) is 0 Å². The predicted molar refractivity (Wildman–Crippen MR) is 116 cm³/mol. The number of halogens is 2. The van der Waals surface area contributed by atoms with Gasteiger partial charge in [0.2, 0.25) is 0 Å². The maximum absolute atomic E-state index is 10.9. The first-order valence-corrected chi connectivity index (χ1v) is 10.9. The first kappa shape index (κ1) is 21.5. The summed E-state index contributed by atoms with van der Waals surface area (Å²) in [6, 6.07) is 16.7. The minimum atomic E-state index is -0.767. The van der Waals surface area contributed by atoms with Crippen LogP contribution < -0.4 is 0 Å². The number of carboxylic acid groups (broad SMARTS) is 1. The number of aliphatic carboxylic acids is 1. The van der Waals surface area contributed by atoms with Crippen LogP contribution in [0.15, 0.2) is 57.5 Å². The normalized spacial score (nSPS) is 16.8. The highest BCUT2D eigenvalue weighted by Gasteiger charge is 2.26. The third kappa shape index (κ3) is 6.39. The number of piperazine rings is 1. The average Bonchev–Trinajstić information content (AvgIpc) is 2.66. The van der Waals surface area contributed by atoms with Gasteiger partial charge in [0.1, 0.15) is 0 Å². The Labute approximate surface area is 182 Å². The van der Waals surface area contributed by atoms with Crippen LogP contribution in [0.2, 0.25) is 0 Å². The maximum atomic E-state index is 10.9. The molecule has 2 aromatic carbocycles. The first-order chi connectivity index (χ1) is 13.5. The van der Waals surface area contributed by atoms with E-state index in [1.807, 2.05) is 17.0 Å². The van der Waals surface area contributed by atoms with Crippen molar-refractivity contribution in [2.75, 3.05) is 39.3 Å². The van der Waals surface area contributed by atoms with Gasteiger partial charge in [0.15, 0.2) is 0 Å². The van der Waals surface area contributed by atoms with E-state index < -0.39 is 5.97 Å². The van der Waals surface area contributed by atoms with Crippen molar-refractivity contribution in [2.24, 2.45) is 0 Å². The van der Waals surface area contributed by atoms with E-state index in [0.29, 0.717) is 13.2 Å². The van der Waals surface area contributed by atoms with Gasteiger partial charge in [0.05, 0.1) is 25.8 Å². The molecule has 1 fully saturated rings. The number of benzene rings is 2. The summed E-state index contributed by atoms with van der Waals surface area (Å²) in [4.78, 5) is 15.3. The fourth-order valence-electron chi connectivity index (χ4n) is 3.49. The highest BCUT2D eigenvalue weighted by atomic mass is 79.9. The fourth-order valence-corrected chi connectivity index (χ4v) is 4.88. The molecule has 0 radical (unpaired) electrons. The zero-order chi connectivity index (χ0) is 19.9. The SMILES string of the molecule is O=C(O)CN1CCN(C(COCc2cc(Br)cc(Br)c2)c2ccccc2)CC1. The van der Waals surface area contributed by atoms with Crippen molar-refractivity contribution in [1.82, 2.24) is 9.80 Å². The molecule has 2 aromatic rings. The van der Waals surface area contributed by atoms with Crippen LogP contribution in [0, 0.1) is 0 Å². The fraction of sp³-hybridized carbons (Fsp3) is 0.381. The lowest BCUT2D eigenvalue weighted by atomic mass is 10.0. The quantitative estimate of drug-likeness (QED) is 0.576. The monoisotopic (exact) mass is 510 g/mol. The van der Waals surface area contributed by atoms with Gasteiger partial charge < -0.3 is 9.84 Å². The van der Waals surface area contributed by atoms with E-state index in [4.69, 9.17) is 9.84 Å². The van der Waals surface area contributed by atoms with Crippen LogP contribution in [0.4, 0.5) is 0 Å². The van der Waals surface area contributed by atoms with Gasteiger partial charge in [-0.15, -0.1) is 0 Å². The number of carbonyl (C=O) groups is 1. The van der Waals surface area contributed by atoms with Gasteiger partial charge in [-0.2, -0.15) is 0 Å². The second-order valence-electron chi connectivity index (χ2n) is 6.93. The Morgan fingerprint density at radius 1 is 1.04 bits per heavy atom. The Balaban J connectivity index is 1.62. The second-order valence-corrected chi connectivity index (χ2v) is 8.76. The van der Waals surface area contributed by atoms with Crippen LogP contribution in [0.25, 0.3) is 0 Å². The van der Waals surface area contributed by atoms with Crippen LogP contribution in [0.1, 0.15) is 17.2 Å². The molecule has 1 aliphatic rings. The van der Waals surface area contributed by atoms with Gasteiger partial charge in [-0.3, -0.25) is 14.6 Å². The molecule has 0 bridgehead atoms. The minimum absolute atomic E-state index is 0.109. The van der Waals surface area contributed by atoms with Crippen LogP contribution >= 0.6 is 31.9 Å². The molecule has 0 amide bonds. The molecule has 0 spiro atoms. The Kier molecular flexibility index (Phi) is 8.05. The number of ether oxygens (including phenoxy) is 1. The summed E-state index contributed by atoms with van der Waals surface area (Å²) in [5.41, 5.74) is 2.34. The molecule has 150 valence electrons. The van der Waals surface area contributed by atoms with Crippen LogP contribution in [0.3, 0.4) is 0 Å². The number of nitrogens with zero attached hydrogens (tertiary/aromatic N) is 2. The summed E-state index contributed by atoms with van der Waals surface area (Å²) in [5, 5.41) is 9.00. The summed E-state index contributed by atoms with van der Waals surface area (Å²) in [6.45, 7) is 4.42. The van der Waals surface area contributed by atoms with Crippen molar-refractivity contribution >= 4 is 37.8 Å². The van der Waals surface area contributed by atoms with E-state index in [2.05, 4.69) is 73.2 Å². The molecule has 0 aromatic heterocycles. The summed E-state index contributed by atoms with van der Waals surface area (Å²) >= 11 is 7.03. The Morgan fingerprint density at radius 3 is 2.29 bits per heavy atom. The lowest BCUT2D eigenvalue weighted by molar-refractivity contribution is -0.138. The smallest absolute Gasteiger partial charge is 0.317 e. The van der Waals surface area contributed by atoms with Gasteiger partial charge in [-0.1, -0.05) is 62.2 Å². The zero-order valence-corrected chi connectivity index (χ0v) is 18.7. The standard InChI is InChI=1S/C21H24Br2N2O3/c22-18-10-16(11-19(23)12-18)14-28-15-20(17-4-2-1-3-5-17)25-8-6-24(7-9-25)13-21(26)27/h1-5,10-12,20H,6-9,13-15H2,(H,26,27). The van der Waals surface area contributed by atoms with Crippen LogP contribution in [-0.4, -0.2) is 60.2 Å². The molecule has 5 nitrogen and oxygen atoms in total. The lowest BCUT2D eigenvalue weighted by Gasteiger charge is -2.39. The van der Waals surface area contributed by atoms with Gasteiger partial charge in [-0.05, 0) is 29.3 Å². The molecule has 1 N–H and O–H groups in total. The second kappa shape index (κ2) is 10.5. The summed E-state index contributed by atoms with van der Waals surface area (Å²) in [7, 11) is 0. The van der Waals surface area contributed by atoms with Crippen LogP contribution in [0.5, 0.6) is 0 Å². The third-order valence-corrected chi connectivity index (χ3v) is 5.77. The average molecular weight is 512 g/mol. The van der Waals surface area contributed by atoms with Gasteiger partial charge >= 0.3 is 5.97 Å².